The molecule has 0 radical (unpaired) electrons. The van der Waals surface area contributed by atoms with Gasteiger partial charge in [0.05, 0.1) is 17.4 Å². The number of nitrogens with one attached hydrogen (secondary N) is 2. The first kappa shape index (κ1) is 19.5. The summed E-state index contributed by atoms with van der Waals surface area (Å²) in [5.74, 6) is 0.164. The van der Waals surface area contributed by atoms with Gasteiger partial charge in [-0.3, -0.25) is 9.59 Å². The zero-order chi connectivity index (χ0) is 18.9. The Morgan fingerprint density at radius 2 is 1.81 bits per heavy atom. The Morgan fingerprint density at radius 1 is 1.04 bits per heavy atom. The lowest BCUT2D eigenvalue weighted by atomic mass is 10.1. The molecule has 0 heterocycles. The number of hydrogen-bond acceptors (Lipinski definition) is 3. The molecule has 138 valence electrons. The van der Waals surface area contributed by atoms with E-state index in [9.17, 15) is 9.59 Å². The van der Waals surface area contributed by atoms with E-state index in [1.54, 1.807) is 42.5 Å². The van der Waals surface area contributed by atoms with Crippen molar-refractivity contribution in [3.63, 3.8) is 0 Å². The summed E-state index contributed by atoms with van der Waals surface area (Å²) < 4.78 is 5.63. The van der Waals surface area contributed by atoms with E-state index in [1.165, 1.54) is 0 Å². The Morgan fingerprint density at radius 3 is 2.54 bits per heavy atom. The van der Waals surface area contributed by atoms with Gasteiger partial charge in [-0.15, -0.1) is 0 Å². The van der Waals surface area contributed by atoms with Crippen molar-refractivity contribution in [1.29, 1.82) is 0 Å². The monoisotopic (exact) mass is 354 g/mol. The molecule has 0 fully saturated rings. The number of benzene rings is 2. The molecule has 2 rings (SSSR count). The predicted molar refractivity (Wildman–Crippen MR) is 104 cm³/mol. The molecule has 5 nitrogen and oxygen atoms in total. The number of rotatable bonds is 8. The topological polar surface area (TPSA) is 67.4 Å². The smallest absolute Gasteiger partial charge is 0.255 e. The molecule has 0 saturated carbocycles. The Bertz CT molecular complexity index is 756. The zero-order valence-electron chi connectivity index (χ0n) is 15.5. The van der Waals surface area contributed by atoms with Gasteiger partial charge >= 0.3 is 0 Å². The van der Waals surface area contributed by atoms with E-state index in [-0.39, 0.29) is 17.9 Å². The van der Waals surface area contributed by atoms with Gasteiger partial charge in [0, 0.05) is 12.1 Å². The summed E-state index contributed by atoms with van der Waals surface area (Å²) in [5, 5.41) is 5.70. The van der Waals surface area contributed by atoms with Gasteiger partial charge in [0.25, 0.3) is 11.8 Å². The average Bonchev–Trinajstić information content (AvgIpc) is 2.62. The number of para-hydroxylation sites is 1. The first-order valence-corrected chi connectivity index (χ1v) is 8.96. The fraction of sp³-hybridized carbons (Fsp3) is 0.333. The minimum Gasteiger partial charge on any atom is -0.491 e. The minimum absolute atomic E-state index is 0.0286. The Labute approximate surface area is 154 Å². The number of hydrogen-bond donors (Lipinski definition) is 2. The van der Waals surface area contributed by atoms with Crippen molar-refractivity contribution in [3.8, 4) is 5.75 Å². The van der Waals surface area contributed by atoms with Crippen LogP contribution in [0.2, 0.25) is 0 Å². The van der Waals surface area contributed by atoms with Crippen molar-refractivity contribution in [2.45, 2.75) is 39.7 Å². The highest BCUT2D eigenvalue weighted by atomic mass is 16.5. The zero-order valence-corrected chi connectivity index (χ0v) is 15.5. The largest absolute Gasteiger partial charge is 0.491 e. The molecule has 0 aliphatic carbocycles. The Hall–Kier alpha value is -2.82. The van der Waals surface area contributed by atoms with E-state index in [2.05, 4.69) is 17.6 Å². The maximum absolute atomic E-state index is 12.6. The molecule has 26 heavy (non-hydrogen) atoms. The van der Waals surface area contributed by atoms with E-state index in [1.807, 2.05) is 19.9 Å². The molecule has 0 aliphatic heterocycles. The third kappa shape index (κ3) is 5.62. The molecule has 0 spiro atoms. The lowest BCUT2D eigenvalue weighted by molar-refractivity contribution is 0.0954. The second-order valence-corrected chi connectivity index (χ2v) is 6.30. The molecular weight excluding hydrogens is 328 g/mol. The maximum Gasteiger partial charge on any atom is 0.255 e. The second-order valence-electron chi connectivity index (χ2n) is 6.30. The molecule has 5 heteroatoms. The van der Waals surface area contributed by atoms with Crippen LogP contribution in [0.4, 0.5) is 5.69 Å². The number of carbonyl (C=O) groups excluding carboxylic acids is 2. The molecule has 2 aromatic rings. The maximum atomic E-state index is 12.6. The number of carbonyl (C=O) groups is 2. The summed E-state index contributed by atoms with van der Waals surface area (Å²) in [6.07, 6.45) is 1.96. The van der Waals surface area contributed by atoms with Gasteiger partial charge in [-0.1, -0.05) is 31.5 Å². The quantitative estimate of drug-likeness (QED) is 0.696. The van der Waals surface area contributed by atoms with Gasteiger partial charge in [0.1, 0.15) is 5.75 Å². The van der Waals surface area contributed by atoms with Crippen LogP contribution in [0.15, 0.2) is 48.5 Å². The average molecular weight is 354 g/mol. The van der Waals surface area contributed by atoms with Gasteiger partial charge in [0.15, 0.2) is 0 Å². The highest BCUT2D eigenvalue weighted by Gasteiger charge is 2.14. The number of unbranched alkanes of at least 4 members (excludes halogenated alkanes) is 1. The summed E-state index contributed by atoms with van der Waals surface area (Å²) in [6.45, 7) is 6.55. The van der Waals surface area contributed by atoms with Crippen LogP contribution in [-0.2, 0) is 0 Å². The molecule has 2 N–H and O–H groups in total. The van der Waals surface area contributed by atoms with E-state index >= 15 is 0 Å². The second kappa shape index (κ2) is 9.61. The molecule has 0 aromatic heterocycles. The third-order valence-corrected chi connectivity index (χ3v) is 3.70. The third-order valence-electron chi connectivity index (χ3n) is 3.70. The van der Waals surface area contributed by atoms with Crippen molar-refractivity contribution < 1.29 is 14.3 Å². The van der Waals surface area contributed by atoms with Crippen molar-refractivity contribution in [1.82, 2.24) is 5.32 Å². The van der Waals surface area contributed by atoms with Gasteiger partial charge in [-0.25, -0.2) is 0 Å². The van der Waals surface area contributed by atoms with E-state index in [0.29, 0.717) is 29.1 Å². The molecule has 2 amide bonds. The first-order valence-electron chi connectivity index (χ1n) is 8.96. The number of amides is 2. The van der Waals surface area contributed by atoms with Crippen LogP contribution in [-0.4, -0.2) is 24.5 Å². The number of anilines is 1. The SMILES string of the molecule is CCCCNC(=O)c1ccccc1NC(=O)c1cccc(OC(C)C)c1. The van der Waals surface area contributed by atoms with Crippen LogP contribution in [0.25, 0.3) is 0 Å². The fourth-order valence-electron chi connectivity index (χ4n) is 2.44. The van der Waals surface area contributed by atoms with Gasteiger partial charge in [0.2, 0.25) is 0 Å². The summed E-state index contributed by atoms with van der Waals surface area (Å²) in [6, 6.07) is 14.0. The van der Waals surface area contributed by atoms with Crippen molar-refractivity contribution in [2.24, 2.45) is 0 Å². The van der Waals surface area contributed by atoms with Crippen LogP contribution >= 0.6 is 0 Å². The molecule has 0 aliphatic rings. The fourth-order valence-corrected chi connectivity index (χ4v) is 2.44. The lowest BCUT2D eigenvalue weighted by Crippen LogP contribution is -2.26. The molecule has 0 atom stereocenters. The summed E-state index contributed by atoms with van der Waals surface area (Å²) in [5.41, 5.74) is 1.41. The molecule has 0 unspecified atom stereocenters. The van der Waals surface area contributed by atoms with Crippen molar-refractivity contribution >= 4 is 17.5 Å². The first-order chi connectivity index (χ1) is 12.5. The van der Waals surface area contributed by atoms with Crippen molar-refractivity contribution in [2.75, 3.05) is 11.9 Å². The van der Waals surface area contributed by atoms with Crippen LogP contribution in [0.5, 0.6) is 5.75 Å². The lowest BCUT2D eigenvalue weighted by Gasteiger charge is -2.13. The minimum atomic E-state index is -0.284. The van der Waals surface area contributed by atoms with E-state index < -0.39 is 0 Å². The Balaban J connectivity index is 2.13. The van der Waals surface area contributed by atoms with Gasteiger partial charge in [-0.2, -0.15) is 0 Å². The van der Waals surface area contributed by atoms with Gasteiger partial charge < -0.3 is 15.4 Å². The molecular formula is C21H26N2O3. The molecule has 0 bridgehead atoms. The standard InChI is InChI=1S/C21H26N2O3/c1-4-5-13-22-21(25)18-11-6-7-12-19(18)23-20(24)16-9-8-10-17(14-16)26-15(2)3/h6-12,14-15H,4-5,13H2,1-3H3,(H,22,25)(H,23,24). The number of ether oxygens (including phenoxy) is 1. The van der Waals surface area contributed by atoms with Crippen LogP contribution in [0.1, 0.15) is 54.3 Å². The molecule has 0 saturated heterocycles. The summed E-state index contributed by atoms with van der Waals surface area (Å²) >= 11 is 0. The van der Waals surface area contributed by atoms with Crippen LogP contribution in [0.3, 0.4) is 0 Å². The normalized spacial score (nSPS) is 10.5. The van der Waals surface area contributed by atoms with Crippen LogP contribution in [0, 0.1) is 0 Å². The van der Waals surface area contributed by atoms with Crippen LogP contribution < -0.4 is 15.4 Å². The highest BCUT2D eigenvalue weighted by molar-refractivity contribution is 6.09. The highest BCUT2D eigenvalue weighted by Crippen LogP contribution is 2.19. The van der Waals surface area contributed by atoms with Gasteiger partial charge in [-0.05, 0) is 50.6 Å². The van der Waals surface area contributed by atoms with E-state index in [4.69, 9.17) is 4.74 Å². The predicted octanol–water partition coefficient (Wildman–Crippen LogP) is 4.26. The Kier molecular flexibility index (Phi) is 7.21. The summed E-state index contributed by atoms with van der Waals surface area (Å²) in [4.78, 5) is 24.9. The van der Waals surface area contributed by atoms with Crippen molar-refractivity contribution in [3.05, 3.63) is 59.7 Å². The summed E-state index contributed by atoms with van der Waals surface area (Å²) in [7, 11) is 0. The molecule has 2 aromatic carbocycles. The van der Waals surface area contributed by atoms with E-state index in [0.717, 1.165) is 12.8 Å².